The highest BCUT2D eigenvalue weighted by Crippen LogP contribution is 2.48. The molecule has 4 rings (SSSR count). The van der Waals surface area contributed by atoms with E-state index in [1.165, 1.54) is 24.3 Å². The number of nitrogens with one attached hydrogen (secondary N) is 4. The standard InChI is InChI=1S/C35H41ClF3N7O6/c1-4-21(5-2)6-15-27(47)29(49)40-19-16-26(30(50)51-3)42-28(48)22-7-13-25(14-8-22)41-31-43-32(45-33(44-31)52-20-35(37,38)39)46-34(17-18-34)23-9-11-24(36)12-10-23/h7-14,21,26H,4-6,15-20H2,1-3H3,(H,40,49)(H,42,48)(H2,41,43,44,45,46)/t26-/m0/s1. The summed E-state index contributed by atoms with van der Waals surface area (Å²) in [5.74, 6) is -2.44. The van der Waals surface area contributed by atoms with Crippen molar-refractivity contribution >= 4 is 52.8 Å². The lowest BCUT2D eigenvalue weighted by molar-refractivity contribution is -0.154. The summed E-state index contributed by atoms with van der Waals surface area (Å²) in [5.41, 5.74) is 0.883. The van der Waals surface area contributed by atoms with E-state index >= 15 is 0 Å². The number of methoxy groups -OCH3 is 1. The van der Waals surface area contributed by atoms with Gasteiger partial charge in [0.15, 0.2) is 6.61 Å². The number of carbonyl (C=O) groups is 4. The van der Waals surface area contributed by atoms with Crippen LogP contribution in [-0.4, -0.2) is 71.0 Å². The van der Waals surface area contributed by atoms with E-state index in [0.717, 1.165) is 38.4 Å². The number of Topliss-reactive ketones (excluding diaryl/α,β-unsaturated/α-hetero) is 1. The van der Waals surface area contributed by atoms with Crippen LogP contribution in [0.15, 0.2) is 48.5 Å². The van der Waals surface area contributed by atoms with Gasteiger partial charge in [-0.05, 0) is 73.6 Å². The first kappa shape index (κ1) is 39.8. The van der Waals surface area contributed by atoms with Crippen molar-refractivity contribution in [3.8, 4) is 6.01 Å². The van der Waals surface area contributed by atoms with Crippen LogP contribution in [-0.2, 0) is 24.7 Å². The van der Waals surface area contributed by atoms with Gasteiger partial charge in [0.2, 0.25) is 17.7 Å². The Bertz CT molecular complexity index is 1700. The predicted octanol–water partition coefficient (Wildman–Crippen LogP) is 5.87. The molecule has 0 radical (unpaired) electrons. The van der Waals surface area contributed by atoms with E-state index in [1.807, 2.05) is 26.0 Å². The molecular weight excluding hydrogens is 707 g/mol. The predicted molar refractivity (Wildman–Crippen MR) is 186 cm³/mol. The van der Waals surface area contributed by atoms with Crippen molar-refractivity contribution < 1.29 is 41.8 Å². The summed E-state index contributed by atoms with van der Waals surface area (Å²) in [6.07, 6.45) is -0.644. The molecule has 1 fully saturated rings. The van der Waals surface area contributed by atoms with Crippen LogP contribution in [0, 0.1) is 5.92 Å². The maximum atomic E-state index is 13.0. The van der Waals surface area contributed by atoms with Crippen molar-refractivity contribution in [2.45, 2.75) is 76.6 Å². The minimum atomic E-state index is -4.63. The molecule has 1 aliphatic rings. The van der Waals surface area contributed by atoms with Gasteiger partial charge in [-0.25, -0.2) is 4.79 Å². The largest absolute Gasteiger partial charge is 0.467 e. The van der Waals surface area contributed by atoms with E-state index in [-0.39, 0.29) is 36.8 Å². The Morgan fingerprint density at radius 2 is 1.58 bits per heavy atom. The van der Waals surface area contributed by atoms with E-state index in [4.69, 9.17) is 21.1 Å². The third-order valence-corrected chi connectivity index (χ3v) is 8.83. The molecule has 3 aromatic rings. The lowest BCUT2D eigenvalue weighted by atomic mass is 9.96. The summed E-state index contributed by atoms with van der Waals surface area (Å²) in [7, 11) is 1.16. The molecule has 2 aromatic carbocycles. The molecule has 1 aliphatic carbocycles. The number of amides is 2. The first-order valence-corrected chi connectivity index (χ1v) is 17.2. The number of hydrogen-bond donors (Lipinski definition) is 4. The highest BCUT2D eigenvalue weighted by molar-refractivity contribution is 6.36. The topological polar surface area (TPSA) is 174 Å². The van der Waals surface area contributed by atoms with Crippen LogP contribution < -0.4 is 26.0 Å². The zero-order valence-corrected chi connectivity index (χ0v) is 29.7. The van der Waals surface area contributed by atoms with Gasteiger partial charge in [-0.1, -0.05) is 50.4 Å². The molecule has 0 bridgehead atoms. The van der Waals surface area contributed by atoms with Gasteiger partial charge in [0.05, 0.1) is 12.6 Å². The number of ketones is 1. The van der Waals surface area contributed by atoms with Gasteiger partial charge < -0.3 is 30.7 Å². The Morgan fingerprint density at radius 1 is 0.923 bits per heavy atom. The van der Waals surface area contributed by atoms with Crippen LogP contribution >= 0.6 is 11.6 Å². The smallest absolute Gasteiger partial charge is 0.422 e. The maximum Gasteiger partial charge on any atom is 0.422 e. The second-order valence-corrected chi connectivity index (χ2v) is 12.8. The number of ether oxygens (including phenoxy) is 2. The van der Waals surface area contributed by atoms with E-state index in [1.54, 1.807) is 12.1 Å². The number of rotatable bonds is 19. The summed E-state index contributed by atoms with van der Waals surface area (Å²) in [4.78, 5) is 62.3. The number of aromatic nitrogens is 3. The molecule has 52 heavy (non-hydrogen) atoms. The third-order valence-electron chi connectivity index (χ3n) is 8.58. The summed E-state index contributed by atoms with van der Waals surface area (Å²) in [6, 6.07) is 11.3. The van der Waals surface area contributed by atoms with Crippen LogP contribution in [0.1, 0.15) is 74.7 Å². The molecule has 0 aliphatic heterocycles. The first-order valence-electron chi connectivity index (χ1n) is 16.8. The number of esters is 1. The summed E-state index contributed by atoms with van der Waals surface area (Å²) < 4.78 is 48.4. The molecule has 1 heterocycles. The van der Waals surface area contributed by atoms with Gasteiger partial charge in [0, 0.05) is 29.2 Å². The van der Waals surface area contributed by atoms with Crippen LogP contribution in [0.2, 0.25) is 5.02 Å². The Kier molecular flexibility index (Phi) is 13.8. The molecular formula is C35H41ClF3N7O6. The molecule has 1 saturated carbocycles. The average Bonchev–Trinajstić information content (AvgIpc) is 3.90. The van der Waals surface area contributed by atoms with Crippen LogP contribution in [0.5, 0.6) is 6.01 Å². The fourth-order valence-electron chi connectivity index (χ4n) is 5.31. The summed E-state index contributed by atoms with van der Waals surface area (Å²) >= 11 is 6.03. The summed E-state index contributed by atoms with van der Waals surface area (Å²) in [5, 5.41) is 11.7. The van der Waals surface area contributed by atoms with Crippen molar-refractivity contribution in [2.24, 2.45) is 5.92 Å². The number of carbonyl (C=O) groups excluding carboxylic acids is 4. The number of nitrogens with zero attached hydrogens (tertiary/aromatic N) is 3. The second kappa shape index (κ2) is 18.0. The third kappa shape index (κ3) is 11.8. The molecule has 13 nitrogen and oxygen atoms in total. The molecule has 1 aromatic heterocycles. The van der Waals surface area contributed by atoms with E-state index in [0.29, 0.717) is 23.0 Å². The lowest BCUT2D eigenvalue weighted by Crippen LogP contribution is -2.44. The number of halogens is 4. The van der Waals surface area contributed by atoms with Gasteiger partial charge in [0.25, 0.3) is 11.8 Å². The van der Waals surface area contributed by atoms with Crippen molar-refractivity contribution in [1.29, 1.82) is 0 Å². The molecule has 1 atom stereocenters. The van der Waals surface area contributed by atoms with Gasteiger partial charge in [-0.15, -0.1) is 0 Å². The molecule has 0 spiro atoms. The van der Waals surface area contributed by atoms with Gasteiger partial charge in [0.1, 0.15) is 6.04 Å². The van der Waals surface area contributed by atoms with Crippen molar-refractivity contribution in [1.82, 2.24) is 25.6 Å². The molecule has 2 amide bonds. The Morgan fingerprint density at radius 3 is 2.17 bits per heavy atom. The molecule has 4 N–H and O–H groups in total. The van der Waals surface area contributed by atoms with E-state index in [2.05, 4.69) is 36.2 Å². The first-order chi connectivity index (χ1) is 24.7. The second-order valence-electron chi connectivity index (χ2n) is 12.3. The molecule has 0 unspecified atom stereocenters. The van der Waals surface area contributed by atoms with Crippen molar-refractivity contribution in [3.63, 3.8) is 0 Å². The number of anilines is 3. The molecule has 280 valence electrons. The van der Waals surface area contributed by atoms with Gasteiger partial charge in [-0.3, -0.25) is 14.4 Å². The zero-order chi connectivity index (χ0) is 37.9. The number of hydrogen-bond acceptors (Lipinski definition) is 11. The van der Waals surface area contributed by atoms with Crippen molar-refractivity contribution in [3.05, 3.63) is 64.7 Å². The summed E-state index contributed by atoms with van der Waals surface area (Å²) in [6.45, 7) is 2.39. The van der Waals surface area contributed by atoms with Crippen LogP contribution in [0.4, 0.5) is 30.8 Å². The average molecular weight is 748 g/mol. The van der Waals surface area contributed by atoms with E-state index < -0.39 is 53.9 Å². The minimum absolute atomic E-state index is 0.0193. The number of alkyl halides is 3. The Labute approximate surface area is 303 Å². The lowest BCUT2D eigenvalue weighted by Gasteiger charge is -2.19. The van der Waals surface area contributed by atoms with Crippen LogP contribution in [0.25, 0.3) is 0 Å². The maximum absolute atomic E-state index is 13.0. The molecule has 0 saturated heterocycles. The molecule has 17 heteroatoms. The Balaban J connectivity index is 1.39. The highest BCUT2D eigenvalue weighted by Gasteiger charge is 2.45. The minimum Gasteiger partial charge on any atom is -0.467 e. The van der Waals surface area contributed by atoms with Gasteiger partial charge in [-0.2, -0.15) is 28.1 Å². The highest BCUT2D eigenvalue weighted by atomic mass is 35.5. The zero-order valence-electron chi connectivity index (χ0n) is 28.9. The SMILES string of the molecule is CCC(CC)CCC(=O)C(=O)NCC[C@H](NC(=O)c1ccc(Nc2nc(NC3(c4ccc(Cl)cc4)CC3)nc(OCC(F)(F)F)n2)cc1)C(=O)OC. The Hall–Kier alpha value is -4.99. The monoisotopic (exact) mass is 747 g/mol. The fraction of sp³-hybridized carbons (Fsp3) is 0.457. The number of benzene rings is 2. The van der Waals surface area contributed by atoms with E-state index in [9.17, 15) is 32.3 Å². The van der Waals surface area contributed by atoms with Crippen molar-refractivity contribution in [2.75, 3.05) is 30.9 Å². The van der Waals surface area contributed by atoms with Gasteiger partial charge >= 0.3 is 18.2 Å². The quantitative estimate of drug-likeness (QED) is 0.0853. The fourth-order valence-corrected chi connectivity index (χ4v) is 5.44. The normalized spacial score (nSPS) is 13.8. The van der Waals surface area contributed by atoms with Crippen LogP contribution in [0.3, 0.4) is 0 Å².